The van der Waals surface area contributed by atoms with Gasteiger partial charge in [-0.3, -0.25) is 9.88 Å². The second kappa shape index (κ2) is 6.86. The highest BCUT2D eigenvalue weighted by atomic mass is 16.3. The van der Waals surface area contributed by atoms with Gasteiger partial charge in [-0.1, -0.05) is 19.3 Å². The van der Waals surface area contributed by atoms with Crippen LogP contribution >= 0.6 is 0 Å². The van der Waals surface area contributed by atoms with Gasteiger partial charge in [0.05, 0.1) is 6.10 Å². The SMILES string of the molecule is CN(Cc1ccncc1)CC(O)C1CCCCC1. The Morgan fingerprint density at radius 3 is 2.61 bits per heavy atom. The van der Waals surface area contributed by atoms with Gasteiger partial charge < -0.3 is 5.11 Å². The number of pyridine rings is 1. The smallest absolute Gasteiger partial charge is 0.0695 e. The highest BCUT2D eigenvalue weighted by Gasteiger charge is 2.22. The molecule has 0 aromatic carbocycles. The number of rotatable bonds is 5. The summed E-state index contributed by atoms with van der Waals surface area (Å²) in [6.45, 7) is 1.65. The molecular weight excluding hydrogens is 224 g/mol. The Bertz CT molecular complexity index is 336. The Morgan fingerprint density at radius 2 is 1.94 bits per heavy atom. The van der Waals surface area contributed by atoms with E-state index in [1.807, 2.05) is 24.5 Å². The van der Waals surface area contributed by atoms with Gasteiger partial charge in [-0.05, 0) is 43.5 Å². The minimum absolute atomic E-state index is 0.169. The summed E-state index contributed by atoms with van der Waals surface area (Å²) in [5, 5.41) is 10.3. The molecule has 1 N–H and O–H groups in total. The quantitative estimate of drug-likeness (QED) is 0.869. The van der Waals surface area contributed by atoms with Crippen LogP contribution in [0.3, 0.4) is 0 Å². The van der Waals surface area contributed by atoms with Gasteiger partial charge in [0.1, 0.15) is 0 Å². The van der Waals surface area contributed by atoms with Crippen LogP contribution in [0.15, 0.2) is 24.5 Å². The van der Waals surface area contributed by atoms with Crippen molar-refractivity contribution in [2.45, 2.75) is 44.8 Å². The van der Waals surface area contributed by atoms with Gasteiger partial charge in [0.2, 0.25) is 0 Å². The molecule has 3 nitrogen and oxygen atoms in total. The van der Waals surface area contributed by atoms with E-state index in [0.717, 1.165) is 13.1 Å². The molecule has 1 aliphatic carbocycles. The molecule has 2 rings (SSSR count). The number of aliphatic hydroxyl groups excluding tert-OH is 1. The Hall–Kier alpha value is -0.930. The van der Waals surface area contributed by atoms with Gasteiger partial charge in [0.25, 0.3) is 0 Å². The lowest BCUT2D eigenvalue weighted by molar-refractivity contribution is 0.0531. The summed E-state index contributed by atoms with van der Waals surface area (Å²) in [6.07, 6.45) is 9.79. The van der Waals surface area contributed by atoms with E-state index in [1.54, 1.807) is 0 Å². The first-order valence-electron chi connectivity index (χ1n) is 7.01. The van der Waals surface area contributed by atoms with E-state index in [-0.39, 0.29) is 6.10 Å². The Balaban J connectivity index is 1.77. The molecule has 100 valence electrons. The second-order valence-corrected chi connectivity index (χ2v) is 5.52. The van der Waals surface area contributed by atoms with E-state index in [0.29, 0.717) is 5.92 Å². The predicted molar refractivity (Wildman–Crippen MR) is 73.2 cm³/mol. The van der Waals surface area contributed by atoms with E-state index >= 15 is 0 Å². The van der Waals surface area contributed by atoms with Gasteiger partial charge in [-0.25, -0.2) is 0 Å². The molecule has 3 heteroatoms. The van der Waals surface area contributed by atoms with Crippen LogP contribution in [0.5, 0.6) is 0 Å². The number of aliphatic hydroxyl groups is 1. The topological polar surface area (TPSA) is 36.4 Å². The van der Waals surface area contributed by atoms with Gasteiger partial charge in [-0.15, -0.1) is 0 Å². The average Bonchev–Trinajstić information content (AvgIpc) is 2.40. The first-order chi connectivity index (χ1) is 8.75. The van der Waals surface area contributed by atoms with E-state index in [2.05, 4.69) is 16.9 Å². The molecule has 1 saturated carbocycles. The third-order valence-electron chi connectivity index (χ3n) is 3.89. The van der Waals surface area contributed by atoms with Crippen LogP contribution in [0.25, 0.3) is 0 Å². The van der Waals surface area contributed by atoms with Crippen molar-refractivity contribution in [1.82, 2.24) is 9.88 Å². The summed E-state index contributed by atoms with van der Waals surface area (Å²) in [5.41, 5.74) is 1.25. The number of hydrogen-bond donors (Lipinski definition) is 1. The minimum atomic E-state index is -0.169. The standard InChI is InChI=1S/C15H24N2O/c1-17(11-13-7-9-16-10-8-13)12-15(18)14-5-3-2-4-6-14/h7-10,14-15,18H,2-6,11-12H2,1H3. The average molecular weight is 248 g/mol. The molecule has 0 amide bonds. The van der Waals surface area contributed by atoms with Crippen molar-refractivity contribution in [2.24, 2.45) is 5.92 Å². The largest absolute Gasteiger partial charge is 0.392 e. The molecule has 1 fully saturated rings. The van der Waals surface area contributed by atoms with Crippen LogP contribution in [0, 0.1) is 5.92 Å². The Labute approximate surface area is 110 Å². The summed E-state index contributed by atoms with van der Waals surface area (Å²) in [5.74, 6) is 0.513. The zero-order chi connectivity index (χ0) is 12.8. The van der Waals surface area contributed by atoms with Crippen LogP contribution in [0.1, 0.15) is 37.7 Å². The van der Waals surface area contributed by atoms with Gasteiger partial charge in [0.15, 0.2) is 0 Å². The summed E-state index contributed by atoms with van der Waals surface area (Å²) >= 11 is 0. The fraction of sp³-hybridized carbons (Fsp3) is 0.667. The van der Waals surface area contributed by atoms with Crippen LogP contribution in [-0.4, -0.2) is 34.7 Å². The van der Waals surface area contributed by atoms with Crippen molar-refractivity contribution in [3.8, 4) is 0 Å². The van der Waals surface area contributed by atoms with Crippen molar-refractivity contribution < 1.29 is 5.11 Å². The lowest BCUT2D eigenvalue weighted by Crippen LogP contribution is -2.35. The van der Waals surface area contributed by atoms with Crippen LogP contribution in [0.4, 0.5) is 0 Å². The molecule has 1 aliphatic rings. The molecule has 0 bridgehead atoms. The highest BCUT2D eigenvalue weighted by Crippen LogP contribution is 2.26. The summed E-state index contributed by atoms with van der Waals surface area (Å²) < 4.78 is 0. The zero-order valence-corrected chi connectivity index (χ0v) is 11.3. The third kappa shape index (κ3) is 4.07. The zero-order valence-electron chi connectivity index (χ0n) is 11.3. The summed E-state index contributed by atoms with van der Waals surface area (Å²) in [4.78, 5) is 6.22. The maximum absolute atomic E-state index is 10.3. The molecule has 0 spiro atoms. The molecule has 0 radical (unpaired) electrons. The Kier molecular flexibility index (Phi) is 5.14. The lowest BCUT2D eigenvalue weighted by Gasteiger charge is -2.29. The maximum Gasteiger partial charge on any atom is 0.0695 e. The van der Waals surface area contributed by atoms with E-state index in [9.17, 15) is 5.11 Å². The molecule has 1 aromatic heterocycles. The summed E-state index contributed by atoms with van der Waals surface area (Å²) in [7, 11) is 2.08. The number of likely N-dealkylation sites (N-methyl/N-ethyl adjacent to an activating group) is 1. The predicted octanol–water partition coefficient (Wildman–Crippen LogP) is 2.45. The summed E-state index contributed by atoms with van der Waals surface area (Å²) in [6, 6.07) is 4.06. The Morgan fingerprint density at radius 1 is 1.28 bits per heavy atom. The van der Waals surface area contributed by atoms with Gasteiger partial charge in [-0.2, -0.15) is 0 Å². The third-order valence-corrected chi connectivity index (χ3v) is 3.89. The molecule has 18 heavy (non-hydrogen) atoms. The van der Waals surface area contributed by atoms with E-state index in [1.165, 1.54) is 37.7 Å². The van der Waals surface area contributed by atoms with Crippen LogP contribution in [0.2, 0.25) is 0 Å². The number of nitrogens with zero attached hydrogens (tertiary/aromatic N) is 2. The number of aromatic nitrogens is 1. The fourth-order valence-electron chi connectivity index (χ4n) is 2.85. The molecule has 1 unspecified atom stereocenters. The highest BCUT2D eigenvalue weighted by molar-refractivity contribution is 5.09. The molecule has 1 aromatic rings. The number of hydrogen-bond acceptors (Lipinski definition) is 3. The first kappa shape index (κ1) is 13.5. The van der Waals surface area contributed by atoms with E-state index < -0.39 is 0 Å². The molecule has 0 saturated heterocycles. The van der Waals surface area contributed by atoms with Gasteiger partial charge in [0, 0.05) is 25.5 Å². The second-order valence-electron chi connectivity index (χ2n) is 5.52. The maximum atomic E-state index is 10.3. The fourth-order valence-corrected chi connectivity index (χ4v) is 2.85. The van der Waals surface area contributed by atoms with Crippen LogP contribution < -0.4 is 0 Å². The first-order valence-corrected chi connectivity index (χ1v) is 7.01. The van der Waals surface area contributed by atoms with Crippen LogP contribution in [-0.2, 0) is 6.54 Å². The van der Waals surface area contributed by atoms with Crippen molar-refractivity contribution in [2.75, 3.05) is 13.6 Å². The molecule has 0 aliphatic heterocycles. The van der Waals surface area contributed by atoms with Crippen molar-refractivity contribution >= 4 is 0 Å². The lowest BCUT2D eigenvalue weighted by atomic mass is 9.85. The van der Waals surface area contributed by atoms with Crippen molar-refractivity contribution in [1.29, 1.82) is 0 Å². The normalized spacial score (nSPS) is 19.1. The molecule has 1 atom stereocenters. The van der Waals surface area contributed by atoms with Crippen molar-refractivity contribution in [3.63, 3.8) is 0 Å². The monoisotopic (exact) mass is 248 g/mol. The van der Waals surface area contributed by atoms with Gasteiger partial charge >= 0.3 is 0 Å². The van der Waals surface area contributed by atoms with E-state index in [4.69, 9.17) is 0 Å². The molecular formula is C15H24N2O. The molecule has 1 heterocycles. The minimum Gasteiger partial charge on any atom is -0.392 e. The van der Waals surface area contributed by atoms with Crippen molar-refractivity contribution in [3.05, 3.63) is 30.1 Å².